The Balaban J connectivity index is 0.00000158. The molecule has 0 aliphatic heterocycles. The summed E-state index contributed by atoms with van der Waals surface area (Å²) in [6.45, 7) is 11.8. The Bertz CT molecular complexity index is 1340. The quantitative estimate of drug-likeness (QED) is 0.428. The van der Waals surface area contributed by atoms with Crippen molar-refractivity contribution in [3.63, 3.8) is 0 Å². The second-order valence-corrected chi connectivity index (χ2v) is 7.82. The molecule has 1 N–H and O–H groups in total. The molecule has 4 rings (SSSR count). The lowest BCUT2D eigenvalue weighted by Gasteiger charge is -2.14. The third kappa shape index (κ3) is 5.37. The van der Waals surface area contributed by atoms with Gasteiger partial charge in [0, 0.05) is 50.4 Å². The van der Waals surface area contributed by atoms with Gasteiger partial charge in [0.15, 0.2) is 0 Å². The van der Waals surface area contributed by atoms with Gasteiger partial charge in [-0.2, -0.15) is 5.10 Å². The monoisotopic (exact) mass is 459 g/mol. The van der Waals surface area contributed by atoms with Gasteiger partial charge < -0.3 is 10.1 Å². The van der Waals surface area contributed by atoms with Crippen molar-refractivity contribution in [2.24, 2.45) is 14.1 Å². The van der Waals surface area contributed by atoms with Gasteiger partial charge in [0.2, 0.25) is 5.95 Å². The summed E-state index contributed by atoms with van der Waals surface area (Å²) in [7, 11) is 3.55. The first-order valence-corrected chi connectivity index (χ1v) is 10.8. The van der Waals surface area contributed by atoms with Crippen molar-refractivity contribution in [1.82, 2.24) is 29.3 Å². The first-order chi connectivity index (χ1) is 16.3. The minimum Gasteiger partial charge on any atom is -0.455 e. The van der Waals surface area contributed by atoms with Crippen LogP contribution in [0.1, 0.15) is 19.5 Å². The third-order valence-electron chi connectivity index (χ3n) is 4.86. The van der Waals surface area contributed by atoms with Crippen LogP contribution in [0.25, 0.3) is 22.5 Å². The first kappa shape index (κ1) is 24.4. The highest BCUT2D eigenvalue weighted by molar-refractivity contribution is 5.60. The molecule has 34 heavy (non-hydrogen) atoms. The van der Waals surface area contributed by atoms with Crippen LogP contribution in [0.15, 0.2) is 67.0 Å². The molecule has 0 unspecified atom stereocenters. The number of rotatable bonds is 6. The van der Waals surface area contributed by atoms with E-state index in [4.69, 9.17) is 4.74 Å². The standard InChI is InChI=1S/C23H25N7O2.C2H4/c1-14(2)27-23-25-12-18(22(31)30(23)5)19-6-7-21(15(3)28-19)32-17-8-9-24-20(10-17)16-11-26-29(4)13-16;1-2/h6-14H,1-5H3,(H,25,27);1-2H2. The van der Waals surface area contributed by atoms with Crippen molar-refractivity contribution in [3.05, 3.63) is 78.3 Å². The molecule has 9 nitrogen and oxygen atoms in total. The number of hydrogen-bond donors (Lipinski definition) is 1. The fourth-order valence-corrected chi connectivity index (χ4v) is 3.23. The molecule has 0 atom stereocenters. The average molecular weight is 460 g/mol. The predicted molar refractivity (Wildman–Crippen MR) is 134 cm³/mol. The second-order valence-electron chi connectivity index (χ2n) is 7.82. The maximum Gasteiger partial charge on any atom is 0.264 e. The Kier molecular flexibility index (Phi) is 7.57. The van der Waals surface area contributed by atoms with Gasteiger partial charge in [-0.25, -0.2) is 9.97 Å². The van der Waals surface area contributed by atoms with Crippen LogP contribution in [0.5, 0.6) is 11.5 Å². The Labute approximate surface area is 198 Å². The summed E-state index contributed by atoms with van der Waals surface area (Å²) in [5, 5.41) is 7.34. The topological polar surface area (TPSA) is 99.8 Å². The van der Waals surface area contributed by atoms with Crippen molar-refractivity contribution >= 4 is 5.95 Å². The SMILES string of the molecule is C=C.Cc1nc(-c2cnc(NC(C)C)n(C)c2=O)ccc1Oc1ccnc(-c2cnn(C)c2)c1. The van der Waals surface area contributed by atoms with Gasteiger partial charge in [-0.15, -0.1) is 13.2 Å². The molecule has 0 aromatic carbocycles. The van der Waals surface area contributed by atoms with E-state index in [1.165, 1.54) is 4.57 Å². The number of aromatic nitrogens is 6. The highest BCUT2D eigenvalue weighted by Crippen LogP contribution is 2.28. The highest BCUT2D eigenvalue weighted by Gasteiger charge is 2.13. The van der Waals surface area contributed by atoms with Crippen molar-refractivity contribution in [1.29, 1.82) is 0 Å². The first-order valence-electron chi connectivity index (χ1n) is 10.8. The van der Waals surface area contributed by atoms with Crippen molar-refractivity contribution in [2.45, 2.75) is 26.8 Å². The molecule has 0 radical (unpaired) electrons. The van der Waals surface area contributed by atoms with Gasteiger partial charge in [-0.3, -0.25) is 19.0 Å². The maximum atomic E-state index is 12.8. The Morgan fingerprint density at radius 3 is 2.47 bits per heavy atom. The normalized spacial score (nSPS) is 10.5. The molecule has 0 saturated heterocycles. The Hall–Kier alpha value is -4.27. The molecule has 0 bridgehead atoms. The third-order valence-corrected chi connectivity index (χ3v) is 4.86. The minimum absolute atomic E-state index is 0.168. The number of aryl methyl sites for hydroxylation is 2. The van der Waals surface area contributed by atoms with Crippen LogP contribution < -0.4 is 15.6 Å². The zero-order chi connectivity index (χ0) is 24.8. The van der Waals surface area contributed by atoms with E-state index in [9.17, 15) is 4.79 Å². The zero-order valence-electron chi connectivity index (χ0n) is 20.1. The van der Waals surface area contributed by atoms with E-state index < -0.39 is 0 Å². The summed E-state index contributed by atoms with van der Waals surface area (Å²) >= 11 is 0. The lowest BCUT2D eigenvalue weighted by atomic mass is 10.2. The molecule has 0 amide bonds. The van der Waals surface area contributed by atoms with Crippen LogP contribution in [0.3, 0.4) is 0 Å². The molecule has 0 saturated carbocycles. The molecule has 0 spiro atoms. The summed E-state index contributed by atoms with van der Waals surface area (Å²) in [6, 6.07) is 7.38. The molecule has 4 aromatic heterocycles. The Morgan fingerprint density at radius 1 is 1.06 bits per heavy atom. The van der Waals surface area contributed by atoms with E-state index in [-0.39, 0.29) is 11.6 Å². The maximum absolute atomic E-state index is 12.8. The van der Waals surface area contributed by atoms with Gasteiger partial charge in [-0.05, 0) is 39.0 Å². The fourth-order valence-electron chi connectivity index (χ4n) is 3.23. The lowest BCUT2D eigenvalue weighted by molar-refractivity contribution is 0.475. The molecule has 176 valence electrons. The van der Waals surface area contributed by atoms with E-state index in [1.54, 1.807) is 42.5 Å². The Morgan fingerprint density at radius 2 is 1.82 bits per heavy atom. The van der Waals surface area contributed by atoms with Crippen LogP contribution >= 0.6 is 0 Å². The lowest BCUT2D eigenvalue weighted by Crippen LogP contribution is -2.25. The van der Waals surface area contributed by atoms with Crippen molar-refractivity contribution in [2.75, 3.05) is 5.32 Å². The van der Waals surface area contributed by atoms with E-state index in [0.29, 0.717) is 34.4 Å². The molecule has 0 aliphatic rings. The summed E-state index contributed by atoms with van der Waals surface area (Å²) < 4.78 is 9.26. The summed E-state index contributed by atoms with van der Waals surface area (Å²) in [5.74, 6) is 1.76. The number of nitrogens with zero attached hydrogens (tertiary/aromatic N) is 6. The van der Waals surface area contributed by atoms with Gasteiger partial charge in [0.25, 0.3) is 5.56 Å². The van der Waals surface area contributed by atoms with Crippen molar-refractivity contribution < 1.29 is 4.74 Å². The largest absolute Gasteiger partial charge is 0.455 e. The molecule has 4 heterocycles. The summed E-state index contributed by atoms with van der Waals surface area (Å²) in [6.07, 6.45) is 6.89. The molecule has 0 fully saturated rings. The molecule has 0 aliphatic carbocycles. The van der Waals surface area contributed by atoms with Crippen LogP contribution in [0.4, 0.5) is 5.95 Å². The molecule has 9 heteroatoms. The molecular formula is C25H29N7O2. The van der Waals surface area contributed by atoms with E-state index in [2.05, 4.69) is 38.5 Å². The van der Waals surface area contributed by atoms with Crippen LogP contribution in [-0.4, -0.2) is 35.3 Å². The van der Waals surface area contributed by atoms with Crippen LogP contribution in [0.2, 0.25) is 0 Å². The van der Waals surface area contributed by atoms with Crippen LogP contribution in [0, 0.1) is 6.92 Å². The minimum atomic E-state index is -0.168. The van der Waals surface area contributed by atoms with Crippen LogP contribution in [-0.2, 0) is 14.1 Å². The summed E-state index contributed by atoms with van der Waals surface area (Å²) in [4.78, 5) is 26.2. The molecule has 4 aromatic rings. The average Bonchev–Trinajstić information content (AvgIpc) is 3.26. The summed E-state index contributed by atoms with van der Waals surface area (Å²) in [5.41, 5.74) is 3.14. The number of hydrogen-bond acceptors (Lipinski definition) is 7. The fraction of sp³-hybridized carbons (Fsp3) is 0.240. The highest BCUT2D eigenvalue weighted by atomic mass is 16.5. The smallest absolute Gasteiger partial charge is 0.264 e. The van der Waals surface area contributed by atoms with Gasteiger partial charge in [0.05, 0.1) is 28.8 Å². The molecular weight excluding hydrogens is 430 g/mol. The number of ether oxygens (including phenoxy) is 1. The van der Waals surface area contributed by atoms with E-state index in [0.717, 1.165) is 11.3 Å². The van der Waals surface area contributed by atoms with E-state index >= 15 is 0 Å². The van der Waals surface area contributed by atoms with Gasteiger partial charge in [0.1, 0.15) is 11.5 Å². The number of nitrogens with one attached hydrogen (secondary N) is 1. The number of anilines is 1. The number of pyridine rings is 2. The van der Waals surface area contributed by atoms with E-state index in [1.807, 2.05) is 46.1 Å². The van der Waals surface area contributed by atoms with Gasteiger partial charge in [-0.1, -0.05) is 0 Å². The second kappa shape index (κ2) is 10.6. The van der Waals surface area contributed by atoms with Gasteiger partial charge >= 0.3 is 0 Å². The predicted octanol–water partition coefficient (Wildman–Crippen LogP) is 4.36. The zero-order valence-corrected chi connectivity index (χ0v) is 20.1. The van der Waals surface area contributed by atoms with Crippen molar-refractivity contribution in [3.8, 4) is 34.0 Å².